The highest BCUT2D eigenvalue weighted by Gasteiger charge is 2.25. The number of carbonyl (C=O) groups is 2. The van der Waals surface area contributed by atoms with E-state index < -0.39 is 5.76 Å². The third kappa shape index (κ3) is 3.83. The maximum atomic E-state index is 12.9. The molecule has 168 valence electrons. The highest BCUT2D eigenvalue weighted by atomic mass is 16.4. The minimum absolute atomic E-state index is 0.0754. The van der Waals surface area contributed by atoms with Crippen molar-refractivity contribution >= 4 is 28.6 Å². The molecule has 32 heavy (non-hydrogen) atoms. The summed E-state index contributed by atoms with van der Waals surface area (Å²) in [6, 6.07) is 4.99. The number of anilines is 1. The molecular formula is C23H27N5O4. The average Bonchev–Trinajstić information content (AvgIpc) is 3.35. The lowest BCUT2D eigenvalue weighted by Gasteiger charge is -2.26. The maximum Gasteiger partial charge on any atom is 0.420 e. The summed E-state index contributed by atoms with van der Waals surface area (Å²) >= 11 is 0. The van der Waals surface area contributed by atoms with Crippen molar-refractivity contribution in [2.24, 2.45) is 5.92 Å². The molecule has 9 heteroatoms. The van der Waals surface area contributed by atoms with Gasteiger partial charge in [-0.15, -0.1) is 0 Å². The van der Waals surface area contributed by atoms with Gasteiger partial charge in [-0.1, -0.05) is 6.92 Å². The van der Waals surface area contributed by atoms with Crippen LogP contribution in [0.4, 0.5) is 5.69 Å². The van der Waals surface area contributed by atoms with Crippen LogP contribution in [0.3, 0.4) is 0 Å². The number of amides is 2. The predicted octanol–water partition coefficient (Wildman–Crippen LogP) is 2.71. The highest BCUT2D eigenvalue weighted by Crippen LogP contribution is 2.27. The molecule has 0 radical (unpaired) electrons. The van der Waals surface area contributed by atoms with E-state index in [2.05, 4.69) is 22.4 Å². The van der Waals surface area contributed by atoms with E-state index in [-0.39, 0.29) is 18.4 Å². The molecule has 2 aliphatic rings. The van der Waals surface area contributed by atoms with Gasteiger partial charge in [0.2, 0.25) is 5.91 Å². The van der Waals surface area contributed by atoms with Crippen LogP contribution in [0.1, 0.15) is 54.4 Å². The van der Waals surface area contributed by atoms with E-state index in [4.69, 9.17) is 4.42 Å². The molecule has 3 aromatic rings. The molecule has 0 saturated carbocycles. The number of hydrogen-bond acceptors (Lipinski definition) is 5. The lowest BCUT2D eigenvalue weighted by Crippen LogP contribution is -2.39. The van der Waals surface area contributed by atoms with Crippen LogP contribution in [-0.4, -0.2) is 44.6 Å². The van der Waals surface area contributed by atoms with Crippen molar-refractivity contribution in [3.8, 4) is 0 Å². The highest BCUT2D eigenvalue weighted by molar-refractivity contribution is 6.04. The van der Waals surface area contributed by atoms with Crippen LogP contribution in [0.2, 0.25) is 0 Å². The Morgan fingerprint density at radius 2 is 2.06 bits per heavy atom. The van der Waals surface area contributed by atoms with Crippen molar-refractivity contribution < 1.29 is 14.0 Å². The molecule has 1 unspecified atom stereocenters. The van der Waals surface area contributed by atoms with Gasteiger partial charge in [0.05, 0.1) is 5.52 Å². The van der Waals surface area contributed by atoms with Gasteiger partial charge in [-0.05, 0) is 62.6 Å². The second-order valence-corrected chi connectivity index (χ2v) is 8.91. The number of aryl methyl sites for hydroxylation is 1. The fourth-order valence-electron chi connectivity index (χ4n) is 4.72. The number of piperidine rings is 1. The summed E-state index contributed by atoms with van der Waals surface area (Å²) in [7, 11) is 0. The Labute approximate surface area is 184 Å². The zero-order valence-corrected chi connectivity index (χ0v) is 18.1. The van der Waals surface area contributed by atoms with Crippen LogP contribution in [-0.2, 0) is 24.2 Å². The summed E-state index contributed by atoms with van der Waals surface area (Å²) in [5, 5.41) is 10.1. The number of nitrogens with zero attached hydrogens (tertiary/aromatic N) is 3. The van der Waals surface area contributed by atoms with Crippen LogP contribution in [0, 0.1) is 5.92 Å². The van der Waals surface area contributed by atoms with Crippen molar-refractivity contribution in [2.45, 2.75) is 52.0 Å². The smallest absolute Gasteiger partial charge is 0.408 e. The molecule has 9 nitrogen and oxygen atoms in total. The molecule has 1 aliphatic heterocycles. The van der Waals surface area contributed by atoms with Gasteiger partial charge < -0.3 is 14.6 Å². The van der Waals surface area contributed by atoms with E-state index in [0.29, 0.717) is 28.4 Å². The predicted molar refractivity (Wildman–Crippen MR) is 119 cm³/mol. The molecule has 3 heterocycles. The number of H-pyrrole nitrogens is 1. The molecule has 1 aliphatic carbocycles. The minimum Gasteiger partial charge on any atom is -0.408 e. The number of benzene rings is 1. The van der Waals surface area contributed by atoms with Gasteiger partial charge in [-0.25, -0.2) is 4.79 Å². The molecule has 1 fully saturated rings. The number of aromatic nitrogens is 3. The van der Waals surface area contributed by atoms with Gasteiger partial charge in [0.1, 0.15) is 6.54 Å². The number of oxazole rings is 1. The Hall–Kier alpha value is -3.36. The van der Waals surface area contributed by atoms with Gasteiger partial charge in [0, 0.05) is 30.0 Å². The fraction of sp³-hybridized carbons (Fsp3) is 0.478. The molecule has 0 spiro atoms. The SMILES string of the molecule is CC1CCc2[nH]nc(C(=O)Nc3ccc4oc(=O)n(CC(=O)N5CCCCC5)c4c3)c2C1. The monoisotopic (exact) mass is 437 g/mol. The average molecular weight is 438 g/mol. The summed E-state index contributed by atoms with van der Waals surface area (Å²) in [6.07, 6.45) is 5.90. The van der Waals surface area contributed by atoms with E-state index >= 15 is 0 Å². The Morgan fingerprint density at radius 3 is 2.88 bits per heavy atom. The van der Waals surface area contributed by atoms with Crippen molar-refractivity contribution in [3.05, 3.63) is 45.7 Å². The number of likely N-dealkylation sites (tertiary alicyclic amines) is 1. The van der Waals surface area contributed by atoms with Crippen molar-refractivity contribution in [2.75, 3.05) is 18.4 Å². The van der Waals surface area contributed by atoms with Crippen LogP contribution in [0.15, 0.2) is 27.4 Å². The zero-order chi connectivity index (χ0) is 22.2. The molecule has 2 amide bonds. The Kier molecular flexibility index (Phi) is 5.32. The lowest BCUT2D eigenvalue weighted by atomic mass is 9.87. The number of carbonyl (C=O) groups excluding carboxylic acids is 2. The third-order valence-electron chi connectivity index (χ3n) is 6.53. The first kappa shape index (κ1) is 20.5. The van der Waals surface area contributed by atoms with Gasteiger partial charge in [-0.3, -0.25) is 19.3 Å². The van der Waals surface area contributed by atoms with Gasteiger partial charge in [-0.2, -0.15) is 5.10 Å². The Morgan fingerprint density at radius 1 is 1.25 bits per heavy atom. The largest absolute Gasteiger partial charge is 0.420 e. The standard InChI is InChI=1S/C23H27N5O4/c1-14-5-7-17-16(11-14)21(26-25-17)22(30)24-15-6-8-19-18(12-15)28(23(31)32-19)13-20(29)27-9-3-2-4-10-27/h6,8,12,14H,2-5,7,9-11,13H2,1H3,(H,24,30)(H,25,26). The second-order valence-electron chi connectivity index (χ2n) is 8.91. The summed E-state index contributed by atoms with van der Waals surface area (Å²) in [5.41, 5.74) is 3.80. The first-order chi connectivity index (χ1) is 15.5. The number of rotatable bonds is 4. The first-order valence-electron chi connectivity index (χ1n) is 11.3. The van der Waals surface area contributed by atoms with Gasteiger partial charge in [0.25, 0.3) is 5.91 Å². The van der Waals surface area contributed by atoms with Gasteiger partial charge in [0.15, 0.2) is 11.3 Å². The molecule has 1 aromatic carbocycles. The summed E-state index contributed by atoms with van der Waals surface area (Å²) < 4.78 is 6.65. The third-order valence-corrected chi connectivity index (χ3v) is 6.53. The zero-order valence-electron chi connectivity index (χ0n) is 18.1. The van der Waals surface area contributed by atoms with Crippen molar-refractivity contribution in [1.29, 1.82) is 0 Å². The van der Waals surface area contributed by atoms with Crippen molar-refractivity contribution in [1.82, 2.24) is 19.7 Å². The molecule has 1 atom stereocenters. The summed E-state index contributed by atoms with van der Waals surface area (Å²) in [6.45, 7) is 3.54. The van der Waals surface area contributed by atoms with Crippen LogP contribution in [0.5, 0.6) is 0 Å². The van der Waals surface area contributed by atoms with E-state index in [0.717, 1.165) is 62.9 Å². The summed E-state index contributed by atoms with van der Waals surface area (Å²) in [5.74, 6) is -0.455. The Balaban J connectivity index is 1.38. The number of aromatic amines is 1. The lowest BCUT2D eigenvalue weighted by molar-refractivity contribution is -0.132. The van der Waals surface area contributed by atoms with Crippen LogP contribution >= 0.6 is 0 Å². The van der Waals surface area contributed by atoms with E-state index in [1.165, 1.54) is 4.57 Å². The molecular weight excluding hydrogens is 410 g/mol. The van der Waals surface area contributed by atoms with Crippen LogP contribution in [0.25, 0.3) is 11.1 Å². The fourth-order valence-corrected chi connectivity index (χ4v) is 4.72. The van der Waals surface area contributed by atoms with Crippen molar-refractivity contribution in [3.63, 3.8) is 0 Å². The topological polar surface area (TPSA) is 113 Å². The molecule has 0 bridgehead atoms. The quantitative estimate of drug-likeness (QED) is 0.652. The number of fused-ring (bicyclic) bond motifs is 2. The minimum atomic E-state index is -0.579. The van der Waals surface area contributed by atoms with E-state index in [9.17, 15) is 14.4 Å². The maximum absolute atomic E-state index is 12.9. The second kappa shape index (κ2) is 8.29. The molecule has 5 rings (SSSR count). The number of hydrogen-bond donors (Lipinski definition) is 2. The van der Waals surface area contributed by atoms with E-state index in [1.54, 1.807) is 23.1 Å². The Bertz CT molecular complexity index is 1230. The molecule has 1 saturated heterocycles. The normalized spacial score (nSPS) is 18.5. The molecule has 2 aromatic heterocycles. The van der Waals surface area contributed by atoms with Crippen LogP contribution < -0.4 is 11.1 Å². The number of nitrogens with one attached hydrogen (secondary N) is 2. The first-order valence-corrected chi connectivity index (χ1v) is 11.3. The van der Waals surface area contributed by atoms with Gasteiger partial charge >= 0.3 is 5.76 Å². The summed E-state index contributed by atoms with van der Waals surface area (Å²) in [4.78, 5) is 39.8. The van der Waals surface area contributed by atoms with E-state index in [1.807, 2.05) is 0 Å². The molecule has 2 N–H and O–H groups in total.